The van der Waals surface area contributed by atoms with E-state index in [-0.39, 0.29) is 10.7 Å². The predicted octanol–water partition coefficient (Wildman–Crippen LogP) is 2.09. The molecule has 0 aliphatic carbocycles. The molecule has 2 aromatic carbocycles. The van der Waals surface area contributed by atoms with Gasteiger partial charge >= 0.3 is 0 Å². The molecule has 0 radical (unpaired) electrons. The van der Waals surface area contributed by atoms with E-state index in [1.807, 2.05) is 4.90 Å². The van der Waals surface area contributed by atoms with Crippen molar-refractivity contribution in [3.8, 4) is 11.4 Å². The van der Waals surface area contributed by atoms with Crippen LogP contribution in [-0.2, 0) is 23.0 Å². The third kappa shape index (κ3) is 3.18. The third-order valence-electron chi connectivity index (χ3n) is 4.27. The molecule has 0 saturated carbocycles. The van der Waals surface area contributed by atoms with Crippen LogP contribution in [0.25, 0.3) is 11.4 Å². The maximum atomic E-state index is 13.0. The standard InChI is InChI=1S/C17H15FN4O3S/c18-13-3-1-11(2-4-13)17-20-16(25-21-17)10-22-8-7-12-9-14(26(19,23)24)5-6-15(12)22/h1-6,9H,7-8,10H2,(H2,19,23,24). The summed E-state index contributed by atoms with van der Waals surface area (Å²) >= 11 is 0. The van der Waals surface area contributed by atoms with E-state index < -0.39 is 10.0 Å². The minimum Gasteiger partial charge on any atom is -0.362 e. The Labute approximate surface area is 149 Å². The molecular weight excluding hydrogens is 359 g/mol. The van der Waals surface area contributed by atoms with Gasteiger partial charge in [0.05, 0.1) is 11.4 Å². The van der Waals surface area contributed by atoms with Crippen molar-refractivity contribution in [1.29, 1.82) is 0 Å². The fourth-order valence-corrected chi connectivity index (χ4v) is 3.55. The number of aromatic nitrogens is 2. The van der Waals surface area contributed by atoms with Gasteiger partial charge in [0.2, 0.25) is 21.7 Å². The fourth-order valence-electron chi connectivity index (χ4n) is 2.99. The third-order valence-corrected chi connectivity index (χ3v) is 5.18. The minimum absolute atomic E-state index is 0.106. The van der Waals surface area contributed by atoms with Gasteiger partial charge in [0.15, 0.2) is 0 Å². The number of nitrogens with two attached hydrogens (primary N) is 1. The Hall–Kier alpha value is -2.78. The highest BCUT2D eigenvalue weighted by Gasteiger charge is 2.23. The van der Waals surface area contributed by atoms with E-state index in [4.69, 9.17) is 9.66 Å². The van der Waals surface area contributed by atoms with Gasteiger partial charge < -0.3 is 9.42 Å². The van der Waals surface area contributed by atoms with Crippen LogP contribution in [0.15, 0.2) is 51.9 Å². The van der Waals surface area contributed by atoms with Crippen molar-refractivity contribution >= 4 is 15.7 Å². The number of nitrogens with zero attached hydrogens (tertiary/aromatic N) is 3. The Balaban J connectivity index is 1.54. The monoisotopic (exact) mass is 374 g/mol. The minimum atomic E-state index is -3.72. The Morgan fingerprint density at radius 2 is 1.96 bits per heavy atom. The lowest BCUT2D eigenvalue weighted by molar-refractivity contribution is 0.377. The van der Waals surface area contributed by atoms with Crippen LogP contribution in [0.5, 0.6) is 0 Å². The lowest BCUT2D eigenvalue weighted by Crippen LogP contribution is -2.20. The Morgan fingerprint density at radius 1 is 1.19 bits per heavy atom. The summed E-state index contributed by atoms with van der Waals surface area (Å²) in [6.45, 7) is 1.10. The number of halogens is 1. The Morgan fingerprint density at radius 3 is 2.69 bits per heavy atom. The Bertz CT molecular complexity index is 1060. The van der Waals surface area contributed by atoms with Gasteiger partial charge in [-0.1, -0.05) is 5.16 Å². The van der Waals surface area contributed by atoms with Gasteiger partial charge in [-0.05, 0) is 54.4 Å². The second-order valence-corrected chi connectivity index (χ2v) is 7.59. The molecule has 2 N–H and O–H groups in total. The largest absolute Gasteiger partial charge is 0.362 e. The maximum Gasteiger partial charge on any atom is 0.246 e. The van der Waals surface area contributed by atoms with E-state index >= 15 is 0 Å². The molecule has 1 aliphatic rings. The first-order valence-corrected chi connectivity index (χ1v) is 9.44. The van der Waals surface area contributed by atoms with Crippen molar-refractivity contribution < 1.29 is 17.3 Å². The number of fused-ring (bicyclic) bond motifs is 1. The Kier molecular flexibility index (Phi) is 3.97. The predicted molar refractivity (Wildman–Crippen MR) is 92.3 cm³/mol. The molecule has 0 bridgehead atoms. The summed E-state index contributed by atoms with van der Waals surface area (Å²) in [6.07, 6.45) is 0.706. The number of benzene rings is 2. The number of hydrogen-bond acceptors (Lipinski definition) is 6. The average Bonchev–Trinajstić information content (AvgIpc) is 3.22. The average molecular weight is 374 g/mol. The molecular formula is C17H15FN4O3S. The van der Waals surface area contributed by atoms with Gasteiger partial charge in [0, 0.05) is 17.8 Å². The zero-order valence-electron chi connectivity index (χ0n) is 13.6. The second kappa shape index (κ2) is 6.19. The molecule has 26 heavy (non-hydrogen) atoms. The molecule has 2 heterocycles. The molecule has 0 unspecified atom stereocenters. The fraction of sp³-hybridized carbons (Fsp3) is 0.176. The van der Waals surface area contributed by atoms with Crippen LogP contribution < -0.4 is 10.0 Å². The van der Waals surface area contributed by atoms with Crippen LogP contribution >= 0.6 is 0 Å². The number of anilines is 1. The molecule has 0 atom stereocenters. The number of primary sulfonamides is 1. The second-order valence-electron chi connectivity index (χ2n) is 6.03. The number of sulfonamides is 1. The summed E-state index contributed by atoms with van der Waals surface area (Å²) in [5.74, 6) is 0.488. The van der Waals surface area contributed by atoms with Gasteiger partial charge in [0.1, 0.15) is 5.82 Å². The summed E-state index contributed by atoms with van der Waals surface area (Å²) in [6, 6.07) is 10.7. The van der Waals surface area contributed by atoms with Crippen LogP contribution in [0.1, 0.15) is 11.5 Å². The SMILES string of the molecule is NS(=O)(=O)c1ccc2c(c1)CCN2Cc1nc(-c2ccc(F)cc2)no1. The van der Waals surface area contributed by atoms with Crippen molar-refractivity contribution in [2.24, 2.45) is 5.14 Å². The number of hydrogen-bond donors (Lipinski definition) is 1. The summed E-state index contributed by atoms with van der Waals surface area (Å²) in [5, 5.41) is 9.11. The first-order chi connectivity index (χ1) is 12.4. The zero-order valence-corrected chi connectivity index (χ0v) is 14.4. The molecule has 134 valence electrons. The highest BCUT2D eigenvalue weighted by Crippen LogP contribution is 2.31. The first kappa shape index (κ1) is 16.7. The molecule has 7 nitrogen and oxygen atoms in total. The molecule has 9 heteroatoms. The van der Waals surface area contributed by atoms with E-state index in [1.165, 1.54) is 18.2 Å². The summed E-state index contributed by atoms with van der Waals surface area (Å²) in [5.41, 5.74) is 2.50. The lowest BCUT2D eigenvalue weighted by atomic mass is 10.2. The molecule has 3 aromatic rings. The zero-order chi connectivity index (χ0) is 18.3. The van der Waals surface area contributed by atoms with E-state index in [9.17, 15) is 12.8 Å². The van der Waals surface area contributed by atoms with Gasteiger partial charge in [0.25, 0.3) is 0 Å². The molecule has 0 spiro atoms. The van der Waals surface area contributed by atoms with Crippen LogP contribution in [0.4, 0.5) is 10.1 Å². The van der Waals surface area contributed by atoms with Crippen molar-refractivity contribution in [3.05, 3.63) is 59.7 Å². The summed E-state index contributed by atoms with van der Waals surface area (Å²) < 4.78 is 41.2. The lowest BCUT2D eigenvalue weighted by Gasteiger charge is -2.16. The summed E-state index contributed by atoms with van der Waals surface area (Å²) in [7, 11) is -3.72. The maximum absolute atomic E-state index is 13.0. The van der Waals surface area contributed by atoms with Crippen molar-refractivity contribution in [2.45, 2.75) is 17.9 Å². The van der Waals surface area contributed by atoms with Crippen LogP contribution in [-0.4, -0.2) is 25.1 Å². The highest BCUT2D eigenvalue weighted by molar-refractivity contribution is 7.89. The van der Waals surface area contributed by atoms with Crippen LogP contribution in [0.3, 0.4) is 0 Å². The molecule has 0 fully saturated rings. The molecule has 0 saturated heterocycles. The van der Waals surface area contributed by atoms with Crippen LogP contribution in [0, 0.1) is 5.82 Å². The van der Waals surface area contributed by atoms with Gasteiger partial charge in [-0.15, -0.1) is 0 Å². The van der Waals surface area contributed by atoms with E-state index in [2.05, 4.69) is 10.1 Å². The van der Waals surface area contributed by atoms with Crippen molar-refractivity contribution in [2.75, 3.05) is 11.4 Å². The molecule has 1 aliphatic heterocycles. The van der Waals surface area contributed by atoms with Gasteiger partial charge in [-0.25, -0.2) is 17.9 Å². The van der Waals surface area contributed by atoms with E-state index in [0.717, 1.165) is 11.3 Å². The summed E-state index contributed by atoms with van der Waals surface area (Å²) in [4.78, 5) is 6.48. The highest BCUT2D eigenvalue weighted by atomic mass is 32.2. The first-order valence-electron chi connectivity index (χ1n) is 7.89. The topological polar surface area (TPSA) is 102 Å². The smallest absolute Gasteiger partial charge is 0.246 e. The van der Waals surface area contributed by atoms with Gasteiger partial charge in [-0.2, -0.15) is 4.98 Å². The molecule has 0 amide bonds. The van der Waals surface area contributed by atoms with Crippen LogP contribution in [0.2, 0.25) is 0 Å². The van der Waals surface area contributed by atoms with Crippen molar-refractivity contribution in [3.63, 3.8) is 0 Å². The number of rotatable bonds is 4. The quantitative estimate of drug-likeness (QED) is 0.750. The van der Waals surface area contributed by atoms with Crippen molar-refractivity contribution in [1.82, 2.24) is 10.1 Å². The van der Waals surface area contributed by atoms with E-state index in [1.54, 1.807) is 24.3 Å². The van der Waals surface area contributed by atoms with E-state index in [0.29, 0.717) is 36.8 Å². The normalized spacial score (nSPS) is 13.8. The molecule has 1 aromatic heterocycles. The van der Waals surface area contributed by atoms with Gasteiger partial charge in [-0.3, -0.25) is 0 Å². The molecule has 4 rings (SSSR count).